The van der Waals surface area contributed by atoms with Gasteiger partial charge in [-0.3, -0.25) is 4.90 Å². The van der Waals surface area contributed by atoms with E-state index in [0.717, 1.165) is 56.1 Å². The van der Waals surface area contributed by atoms with Crippen molar-refractivity contribution in [1.29, 1.82) is 0 Å². The number of rotatable bonds is 5. The molecule has 7 heteroatoms. The second-order valence-corrected chi connectivity index (χ2v) is 6.84. The Labute approximate surface area is 146 Å². The summed E-state index contributed by atoms with van der Waals surface area (Å²) in [6.07, 6.45) is 2.31. The van der Waals surface area contributed by atoms with Crippen molar-refractivity contribution in [3.05, 3.63) is 24.1 Å². The van der Waals surface area contributed by atoms with Gasteiger partial charge in [0.15, 0.2) is 11.5 Å². The molecule has 2 heterocycles. The van der Waals surface area contributed by atoms with Crippen molar-refractivity contribution >= 4 is 22.8 Å². The monoisotopic (exact) mass is 344 g/mol. The number of aromatic nitrogens is 1. The molecule has 1 atom stereocenters. The highest BCUT2D eigenvalue weighted by Gasteiger charge is 2.28. The summed E-state index contributed by atoms with van der Waals surface area (Å²) in [5.74, 6) is 1.30. The van der Waals surface area contributed by atoms with E-state index in [9.17, 15) is 4.79 Å². The van der Waals surface area contributed by atoms with Crippen molar-refractivity contribution < 1.29 is 13.9 Å². The zero-order valence-corrected chi connectivity index (χ0v) is 14.5. The fraction of sp³-hybridized carbons (Fsp3) is 0.556. The molecule has 2 fully saturated rings. The standard InChI is InChI=1S/C18H24N4O3/c1-12(22-6-8-24-9-7-22)11-19-18(23)20-14-4-5-15-16(10-14)25-17(21-15)13-2-3-13/h4-5,10,12-13H,2-3,6-9,11H2,1H3,(H2,19,20,23)/t12-/m1/s1. The Balaban J connectivity index is 1.31. The number of hydrogen-bond acceptors (Lipinski definition) is 5. The number of urea groups is 1. The number of anilines is 1. The molecule has 0 bridgehead atoms. The van der Waals surface area contributed by atoms with Crippen molar-refractivity contribution in [3.63, 3.8) is 0 Å². The number of oxazole rings is 1. The highest BCUT2D eigenvalue weighted by Crippen LogP contribution is 2.40. The van der Waals surface area contributed by atoms with Gasteiger partial charge < -0.3 is 19.8 Å². The number of nitrogens with zero attached hydrogens (tertiary/aromatic N) is 2. The number of ether oxygens (including phenoxy) is 1. The fourth-order valence-electron chi connectivity index (χ4n) is 3.09. The quantitative estimate of drug-likeness (QED) is 0.871. The first-order valence-corrected chi connectivity index (χ1v) is 8.96. The van der Waals surface area contributed by atoms with Crippen molar-refractivity contribution in [2.75, 3.05) is 38.2 Å². The van der Waals surface area contributed by atoms with Gasteiger partial charge in [0, 0.05) is 43.3 Å². The predicted molar refractivity (Wildman–Crippen MR) is 94.9 cm³/mol. The van der Waals surface area contributed by atoms with Crippen LogP contribution in [0.2, 0.25) is 0 Å². The van der Waals surface area contributed by atoms with Gasteiger partial charge in [-0.15, -0.1) is 0 Å². The zero-order chi connectivity index (χ0) is 17.2. The molecule has 1 aromatic heterocycles. The van der Waals surface area contributed by atoms with E-state index in [4.69, 9.17) is 9.15 Å². The molecule has 0 unspecified atom stereocenters. The van der Waals surface area contributed by atoms with E-state index in [0.29, 0.717) is 18.2 Å². The van der Waals surface area contributed by atoms with Gasteiger partial charge in [-0.1, -0.05) is 0 Å². The summed E-state index contributed by atoms with van der Waals surface area (Å²) in [5, 5.41) is 5.80. The Morgan fingerprint density at radius 1 is 1.36 bits per heavy atom. The average Bonchev–Trinajstić information content (AvgIpc) is 3.40. The maximum absolute atomic E-state index is 12.1. The van der Waals surface area contributed by atoms with Gasteiger partial charge in [-0.25, -0.2) is 9.78 Å². The molecular weight excluding hydrogens is 320 g/mol. The summed E-state index contributed by atoms with van der Waals surface area (Å²) in [4.78, 5) is 19.0. The summed E-state index contributed by atoms with van der Waals surface area (Å²) in [5.41, 5.74) is 2.28. The third-order valence-electron chi connectivity index (χ3n) is 4.82. The van der Waals surface area contributed by atoms with Gasteiger partial charge in [-0.05, 0) is 31.9 Å². The van der Waals surface area contributed by atoms with Crippen LogP contribution in [0.1, 0.15) is 31.6 Å². The van der Waals surface area contributed by atoms with Crippen molar-refractivity contribution in [1.82, 2.24) is 15.2 Å². The van der Waals surface area contributed by atoms with Crippen LogP contribution in [0.15, 0.2) is 22.6 Å². The molecule has 0 spiro atoms. The Kier molecular flexibility index (Phi) is 4.59. The molecule has 1 saturated carbocycles. The Bertz CT molecular complexity index is 750. The van der Waals surface area contributed by atoms with Gasteiger partial charge in [0.1, 0.15) is 5.52 Å². The number of carbonyl (C=O) groups excluding carboxylic acids is 1. The maximum atomic E-state index is 12.1. The molecule has 1 saturated heterocycles. The third kappa shape index (κ3) is 3.93. The number of nitrogens with one attached hydrogen (secondary N) is 2. The van der Waals surface area contributed by atoms with Crippen LogP contribution >= 0.6 is 0 Å². The van der Waals surface area contributed by atoms with Crippen LogP contribution in [0.5, 0.6) is 0 Å². The van der Waals surface area contributed by atoms with Gasteiger partial charge >= 0.3 is 6.03 Å². The summed E-state index contributed by atoms with van der Waals surface area (Å²) >= 11 is 0. The maximum Gasteiger partial charge on any atom is 0.319 e. The molecule has 25 heavy (non-hydrogen) atoms. The van der Waals surface area contributed by atoms with Crippen LogP contribution in [-0.4, -0.2) is 54.8 Å². The number of hydrogen-bond donors (Lipinski definition) is 2. The van der Waals surface area contributed by atoms with Gasteiger partial charge in [0.25, 0.3) is 0 Å². The topological polar surface area (TPSA) is 79.6 Å². The van der Waals surface area contributed by atoms with E-state index in [1.54, 1.807) is 0 Å². The smallest absolute Gasteiger partial charge is 0.319 e. The van der Waals surface area contributed by atoms with E-state index < -0.39 is 0 Å². The Hall–Kier alpha value is -2.12. The molecule has 2 amide bonds. The van der Waals surface area contributed by atoms with Crippen LogP contribution in [0, 0.1) is 0 Å². The minimum atomic E-state index is -0.207. The summed E-state index contributed by atoms with van der Waals surface area (Å²) < 4.78 is 11.1. The molecule has 0 radical (unpaired) electrons. The van der Waals surface area contributed by atoms with E-state index in [2.05, 4.69) is 27.4 Å². The first-order chi connectivity index (χ1) is 12.2. The van der Waals surface area contributed by atoms with Gasteiger partial charge in [0.2, 0.25) is 0 Å². The van der Waals surface area contributed by atoms with Crippen LogP contribution < -0.4 is 10.6 Å². The van der Waals surface area contributed by atoms with E-state index in [1.165, 1.54) is 0 Å². The minimum absolute atomic E-state index is 0.207. The number of carbonyl (C=O) groups is 1. The molecule has 7 nitrogen and oxygen atoms in total. The van der Waals surface area contributed by atoms with Crippen LogP contribution in [-0.2, 0) is 4.74 Å². The largest absolute Gasteiger partial charge is 0.440 e. The average molecular weight is 344 g/mol. The van der Waals surface area contributed by atoms with Crippen LogP contribution in [0.4, 0.5) is 10.5 Å². The molecule has 2 aromatic rings. The number of amides is 2. The van der Waals surface area contributed by atoms with Crippen LogP contribution in [0.3, 0.4) is 0 Å². The molecule has 1 aromatic carbocycles. The second-order valence-electron chi connectivity index (χ2n) is 6.84. The van der Waals surface area contributed by atoms with Crippen molar-refractivity contribution in [3.8, 4) is 0 Å². The Morgan fingerprint density at radius 2 is 2.16 bits per heavy atom. The fourth-order valence-corrected chi connectivity index (χ4v) is 3.09. The lowest BCUT2D eigenvalue weighted by atomic mass is 10.2. The lowest BCUT2D eigenvalue weighted by Gasteiger charge is -2.32. The number of morpholine rings is 1. The lowest BCUT2D eigenvalue weighted by Crippen LogP contribution is -2.47. The van der Waals surface area contributed by atoms with Crippen LogP contribution in [0.25, 0.3) is 11.1 Å². The number of fused-ring (bicyclic) bond motifs is 1. The van der Waals surface area contributed by atoms with E-state index in [-0.39, 0.29) is 12.1 Å². The second kappa shape index (κ2) is 7.01. The molecule has 2 N–H and O–H groups in total. The molecule has 2 aliphatic rings. The van der Waals surface area contributed by atoms with E-state index >= 15 is 0 Å². The molecule has 134 valence electrons. The lowest BCUT2D eigenvalue weighted by molar-refractivity contribution is 0.0209. The zero-order valence-electron chi connectivity index (χ0n) is 14.5. The SMILES string of the molecule is C[C@H](CNC(=O)Nc1ccc2nc(C3CC3)oc2c1)N1CCOCC1. The third-order valence-corrected chi connectivity index (χ3v) is 4.82. The highest BCUT2D eigenvalue weighted by atomic mass is 16.5. The summed E-state index contributed by atoms with van der Waals surface area (Å²) in [6.45, 7) is 6.06. The van der Waals surface area contributed by atoms with Crippen molar-refractivity contribution in [2.24, 2.45) is 0 Å². The molecule has 4 rings (SSSR count). The minimum Gasteiger partial charge on any atom is -0.440 e. The van der Waals surface area contributed by atoms with E-state index in [1.807, 2.05) is 18.2 Å². The van der Waals surface area contributed by atoms with Crippen molar-refractivity contribution in [2.45, 2.75) is 31.7 Å². The molecule has 1 aliphatic heterocycles. The first kappa shape index (κ1) is 16.4. The Morgan fingerprint density at radius 3 is 2.92 bits per heavy atom. The first-order valence-electron chi connectivity index (χ1n) is 8.96. The van der Waals surface area contributed by atoms with Gasteiger partial charge in [-0.2, -0.15) is 0 Å². The predicted octanol–water partition coefficient (Wildman–Crippen LogP) is 2.55. The molecular formula is C18H24N4O3. The van der Waals surface area contributed by atoms with Gasteiger partial charge in [0.05, 0.1) is 13.2 Å². The summed E-state index contributed by atoms with van der Waals surface area (Å²) in [7, 11) is 0. The normalized spacial score (nSPS) is 19.7. The number of benzene rings is 1. The molecule has 1 aliphatic carbocycles. The summed E-state index contributed by atoms with van der Waals surface area (Å²) in [6, 6.07) is 5.65. The highest BCUT2D eigenvalue weighted by molar-refractivity contribution is 5.91.